The molecule has 7 nitrogen and oxygen atoms in total. The van der Waals surface area contributed by atoms with Gasteiger partial charge in [0.1, 0.15) is 17.9 Å². The molecule has 0 atom stereocenters. The number of nitrogens with one attached hydrogen (secondary N) is 1. The van der Waals surface area contributed by atoms with Gasteiger partial charge in [0, 0.05) is 23.7 Å². The lowest BCUT2D eigenvalue weighted by Crippen LogP contribution is -2.37. The van der Waals surface area contributed by atoms with Crippen LogP contribution in [0.15, 0.2) is 39.9 Å². The molecule has 0 saturated carbocycles. The summed E-state index contributed by atoms with van der Waals surface area (Å²) >= 11 is 1.63. The minimum atomic E-state index is -0.228. The highest BCUT2D eigenvalue weighted by Crippen LogP contribution is 2.32. The van der Waals surface area contributed by atoms with Gasteiger partial charge in [-0.25, -0.2) is 9.97 Å². The van der Waals surface area contributed by atoms with Crippen molar-refractivity contribution in [2.75, 3.05) is 42.8 Å². The molecule has 1 saturated heterocycles. The van der Waals surface area contributed by atoms with Crippen molar-refractivity contribution < 1.29 is 13.9 Å². The first-order valence-corrected chi connectivity index (χ1v) is 9.92. The van der Waals surface area contributed by atoms with Crippen LogP contribution in [-0.4, -0.2) is 48.4 Å². The van der Waals surface area contributed by atoms with Crippen LogP contribution in [0, 0.1) is 6.92 Å². The fourth-order valence-electron chi connectivity index (χ4n) is 3.21. The number of anilines is 2. The molecule has 1 N–H and O–H groups in total. The predicted molar refractivity (Wildman–Crippen MR) is 106 cm³/mol. The maximum atomic E-state index is 13.1. The van der Waals surface area contributed by atoms with E-state index >= 15 is 0 Å². The zero-order valence-electron chi connectivity index (χ0n) is 15.2. The van der Waals surface area contributed by atoms with Gasteiger partial charge in [-0.2, -0.15) is 0 Å². The number of morpholine rings is 1. The molecule has 3 aromatic rings. The number of ether oxygens (including phenoxy) is 1. The van der Waals surface area contributed by atoms with E-state index in [0.29, 0.717) is 54.5 Å². The molecule has 4 rings (SSSR count). The average molecular weight is 384 g/mol. The Balaban J connectivity index is 1.73. The number of fused-ring (bicyclic) bond motifs is 1. The van der Waals surface area contributed by atoms with E-state index in [2.05, 4.69) is 20.2 Å². The summed E-state index contributed by atoms with van der Waals surface area (Å²) in [7, 11) is 0. The fourth-order valence-corrected chi connectivity index (χ4v) is 3.67. The number of hydrogen-bond acceptors (Lipinski definition) is 7. The molecule has 2 aromatic heterocycles. The first-order chi connectivity index (χ1) is 13.2. The monoisotopic (exact) mass is 384 g/mol. The van der Waals surface area contributed by atoms with Gasteiger partial charge in [-0.1, -0.05) is 6.07 Å². The molecule has 3 heterocycles. The lowest BCUT2D eigenvalue weighted by molar-refractivity contribution is 0.102. The SMILES string of the molecule is CSc1cccc(NC(=O)c2c(C)oc3ncnc(N4CCOCC4)c23)c1. The number of aryl methyl sites for hydroxylation is 1. The third kappa shape index (κ3) is 3.50. The summed E-state index contributed by atoms with van der Waals surface area (Å²) in [5.41, 5.74) is 1.64. The number of carbonyl (C=O) groups excluding carboxylic acids is 1. The molecule has 1 fully saturated rings. The Morgan fingerprint density at radius 3 is 2.85 bits per heavy atom. The molecule has 1 aliphatic rings. The van der Waals surface area contributed by atoms with Crippen molar-refractivity contribution in [1.82, 2.24) is 9.97 Å². The Bertz CT molecular complexity index is 982. The Labute approximate surface area is 161 Å². The molecular formula is C19H20N4O3S. The standard InChI is InChI=1S/C19H20N4O3S/c1-12-15(18(24)22-13-4-3-5-14(10-13)27-2)16-17(20-11-21-19(16)26-12)23-6-8-25-9-7-23/h3-5,10-11H,6-9H2,1-2H3,(H,22,24). The van der Waals surface area contributed by atoms with Gasteiger partial charge in [0.25, 0.3) is 5.91 Å². The minimum absolute atomic E-state index is 0.228. The third-order valence-corrected chi connectivity index (χ3v) is 5.23. The molecule has 1 amide bonds. The van der Waals surface area contributed by atoms with E-state index in [1.807, 2.05) is 30.5 Å². The number of nitrogens with zero attached hydrogens (tertiary/aromatic N) is 3. The van der Waals surface area contributed by atoms with Gasteiger partial charge < -0.3 is 19.4 Å². The van der Waals surface area contributed by atoms with Crippen LogP contribution in [0.4, 0.5) is 11.5 Å². The largest absolute Gasteiger partial charge is 0.442 e. The molecule has 0 aliphatic carbocycles. The van der Waals surface area contributed by atoms with Crippen LogP contribution in [0.1, 0.15) is 16.1 Å². The van der Waals surface area contributed by atoms with Crippen LogP contribution in [0.3, 0.4) is 0 Å². The third-order valence-electron chi connectivity index (χ3n) is 4.51. The van der Waals surface area contributed by atoms with Crippen LogP contribution >= 0.6 is 11.8 Å². The highest BCUT2D eigenvalue weighted by Gasteiger charge is 2.26. The van der Waals surface area contributed by atoms with Crippen LogP contribution in [0.2, 0.25) is 0 Å². The van der Waals surface area contributed by atoms with Crippen LogP contribution in [-0.2, 0) is 4.74 Å². The molecule has 27 heavy (non-hydrogen) atoms. The van der Waals surface area contributed by atoms with E-state index in [4.69, 9.17) is 9.15 Å². The number of thioether (sulfide) groups is 1. The van der Waals surface area contributed by atoms with Gasteiger partial charge in [0.05, 0.1) is 24.2 Å². The molecule has 0 unspecified atom stereocenters. The van der Waals surface area contributed by atoms with Crippen molar-refractivity contribution in [1.29, 1.82) is 0 Å². The highest BCUT2D eigenvalue weighted by atomic mass is 32.2. The van der Waals surface area contributed by atoms with Crippen molar-refractivity contribution in [2.45, 2.75) is 11.8 Å². The van der Waals surface area contributed by atoms with Crippen LogP contribution in [0.25, 0.3) is 11.1 Å². The van der Waals surface area contributed by atoms with Gasteiger partial charge in [-0.05, 0) is 31.4 Å². The summed E-state index contributed by atoms with van der Waals surface area (Å²) in [6, 6.07) is 7.74. The summed E-state index contributed by atoms with van der Waals surface area (Å²) in [4.78, 5) is 24.9. The maximum Gasteiger partial charge on any atom is 0.260 e. The Morgan fingerprint density at radius 1 is 1.26 bits per heavy atom. The van der Waals surface area contributed by atoms with E-state index < -0.39 is 0 Å². The minimum Gasteiger partial charge on any atom is -0.442 e. The maximum absolute atomic E-state index is 13.1. The van der Waals surface area contributed by atoms with Gasteiger partial charge in [-0.15, -0.1) is 11.8 Å². The molecule has 0 bridgehead atoms. The first-order valence-electron chi connectivity index (χ1n) is 8.69. The lowest BCUT2D eigenvalue weighted by Gasteiger charge is -2.28. The smallest absolute Gasteiger partial charge is 0.260 e. The molecule has 0 radical (unpaired) electrons. The van der Waals surface area contributed by atoms with Crippen molar-refractivity contribution in [3.8, 4) is 0 Å². The summed E-state index contributed by atoms with van der Waals surface area (Å²) < 4.78 is 11.2. The summed E-state index contributed by atoms with van der Waals surface area (Å²) in [5, 5.41) is 3.62. The number of furan rings is 1. The Kier molecular flexibility index (Phi) is 5.00. The summed E-state index contributed by atoms with van der Waals surface area (Å²) in [6.45, 7) is 4.47. The van der Waals surface area contributed by atoms with E-state index in [-0.39, 0.29) is 5.91 Å². The second-order valence-corrected chi connectivity index (χ2v) is 7.08. The van der Waals surface area contributed by atoms with Crippen molar-refractivity contribution in [3.63, 3.8) is 0 Å². The average Bonchev–Trinajstić information content (AvgIpc) is 3.04. The summed E-state index contributed by atoms with van der Waals surface area (Å²) in [5.74, 6) is 1.01. The van der Waals surface area contributed by atoms with Crippen LogP contribution in [0.5, 0.6) is 0 Å². The second kappa shape index (κ2) is 7.58. The van der Waals surface area contributed by atoms with E-state index in [0.717, 1.165) is 10.6 Å². The van der Waals surface area contributed by atoms with Gasteiger partial charge in [0.15, 0.2) is 0 Å². The lowest BCUT2D eigenvalue weighted by atomic mass is 10.1. The quantitative estimate of drug-likeness (QED) is 0.691. The zero-order chi connectivity index (χ0) is 18.8. The van der Waals surface area contributed by atoms with E-state index in [9.17, 15) is 4.79 Å². The normalized spacial score (nSPS) is 14.5. The molecule has 8 heteroatoms. The number of carbonyl (C=O) groups is 1. The fraction of sp³-hybridized carbons (Fsp3) is 0.316. The molecular weight excluding hydrogens is 364 g/mol. The first kappa shape index (κ1) is 17.8. The van der Waals surface area contributed by atoms with Gasteiger partial charge in [-0.3, -0.25) is 4.79 Å². The summed E-state index contributed by atoms with van der Waals surface area (Å²) in [6.07, 6.45) is 3.47. The van der Waals surface area contributed by atoms with Crippen molar-refractivity contribution in [2.24, 2.45) is 0 Å². The van der Waals surface area contributed by atoms with Crippen molar-refractivity contribution >= 4 is 40.3 Å². The van der Waals surface area contributed by atoms with E-state index in [1.165, 1.54) is 6.33 Å². The Hall–Kier alpha value is -2.58. The Morgan fingerprint density at radius 2 is 2.07 bits per heavy atom. The zero-order valence-corrected chi connectivity index (χ0v) is 16.0. The predicted octanol–water partition coefficient (Wildman–Crippen LogP) is 3.34. The van der Waals surface area contributed by atoms with Crippen LogP contribution < -0.4 is 10.2 Å². The van der Waals surface area contributed by atoms with Gasteiger partial charge >= 0.3 is 0 Å². The second-order valence-electron chi connectivity index (χ2n) is 6.20. The molecule has 140 valence electrons. The number of amides is 1. The topological polar surface area (TPSA) is 80.5 Å². The number of benzene rings is 1. The van der Waals surface area contributed by atoms with Crippen molar-refractivity contribution in [3.05, 3.63) is 41.9 Å². The number of hydrogen-bond donors (Lipinski definition) is 1. The molecule has 0 spiro atoms. The van der Waals surface area contributed by atoms with Gasteiger partial charge in [0.2, 0.25) is 5.71 Å². The molecule has 1 aliphatic heterocycles. The highest BCUT2D eigenvalue weighted by molar-refractivity contribution is 7.98. The molecule has 1 aromatic carbocycles. The van der Waals surface area contributed by atoms with E-state index in [1.54, 1.807) is 18.7 Å². The number of aromatic nitrogens is 2. The number of rotatable bonds is 4.